The molecule has 0 radical (unpaired) electrons. The summed E-state index contributed by atoms with van der Waals surface area (Å²) in [7, 11) is 0. The molecule has 3 aromatic rings. The number of benzene rings is 2. The average Bonchev–Trinajstić information content (AvgIpc) is 2.64. The van der Waals surface area contributed by atoms with Crippen LogP contribution in [0.3, 0.4) is 0 Å². The van der Waals surface area contributed by atoms with Gasteiger partial charge in [0.2, 0.25) is 0 Å². The monoisotopic (exact) mass is 318 g/mol. The van der Waals surface area contributed by atoms with E-state index in [1.54, 1.807) is 6.33 Å². The molecule has 1 aliphatic heterocycles. The van der Waals surface area contributed by atoms with Crippen molar-refractivity contribution in [2.75, 3.05) is 31.1 Å². The first-order chi connectivity index (χ1) is 11.8. The summed E-state index contributed by atoms with van der Waals surface area (Å²) in [5, 5.41) is 1.15. The summed E-state index contributed by atoms with van der Waals surface area (Å²) in [5.74, 6) is 0. The van der Waals surface area contributed by atoms with Gasteiger partial charge in [-0.25, -0.2) is 9.97 Å². The maximum absolute atomic E-state index is 4.37. The first-order valence-electron chi connectivity index (χ1n) is 8.51. The number of hydrogen-bond acceptors (Lipinski definition) is 4. The van der Waals surface area contributed by atoms with Gasteiger partial charge in [-0.05, 0) is 24.6 Å². The Balaban J connectivity index is 1.45. The Morgan fingerprint density at radius 1 is 0.958 bits per heavy atom. The lowest BCUT2D eigenvalue weighted by Gasteiger charge is -2.36. The van der Waals surface area contributed by atoms with Crippen LogP contribution in [0.25, 0.3) is 10.9 Å². The number of fused-ring (bicyclic) bond motifs is 1. The van der Waals surface area contributed by atoms with Crippen molar-refractivity contribution in [3.8, 4) is 0 Å². The topological polar surface area (TPSA) is 32.3 Å². The zero-order valence-electron chi connectivity index (χ0n) is 14.0. The second-order valence-corrected chi connectivity index (χ2v) is 6.48. The molecule has 1 aromatic heterocycles. The fraction of sp³-hybridized carbons (Fsp3) is 0.300. The first kappa shape index (κ1) is 15.1. The molecule has 4 heteroatoms. The number of piperazine rings is 1. The van der Waals surface area contributed by atoms with Crippen LogP contribution in [0.2, 0.25) is 0 Å². The molecule has 122 valence electrons. The molecule has 0 aliphatic carbocycles. The minimum atomic E-state index is 1.02. The number of hydrogen-bond donors (Lipinski definition) is 0. The van der Waals surface area contributed by atoms with Gasteiger partial charge in [0.1, 0.15) is 6.33 Å². The molecule has 0 atom stereocenters. The van der Waals surface area contributed by atoms with E-state index in [1.165, 1.54) is 16.8 Å². The van der Waals surface area contributed by atoms with Crippen molar-refractivity contribution < 1.29 is 0 Å². The van der Waals surface area contributed by atoms with Crippen molar-refractivity contribution in [3.63, 3.8) is 0 Å². The van der Waals surface area contributed by atoms with Gasteiger partial charge in [0.15, 0.2) is 0 Å². The second-order valence-electron chi connectivity index (χ2n) is 6.48. The maximum Gasteiger partial charge on any atom is 0.116 e. The molecule has 0 unspecified atom stereocenters. The fourth-order valence-corrected chi connectivity index (χ4v) is 3.36. The summed E-state index contributed by atoms with van der Waals surface area (Å²) in [5.41, 5.74) is 4.99. The molecule has 2 aromatic carbocycles. The number of anilines is 1. The molecule has 4 nitrogen and oxygen atoms in total. The molecule has 0 amide bonds. The van der Waals surface area contributed by atoms with E-state index in [4.69, 9.17) is 0 Å². The Bertz CT molecular complexity index is 815. The Labute approximate surface area is 142 Å². The fourth-order valence-electron chi connectivity index (χ4n) is 3.36. The van der Waals surface area contributed by atoms with Gasteiger partial charge in [-0.2, -0.15) is 0 Å². The minimum absolute atomic E-state index is 1.02. The number of aryl methyl sites for hydroxylation is 1. The van der Waals surface area contributed by atoms with Crippen LogP contribution >= 0.6 is 0 Å². The van der Waals surface area contributed by atoms with E-state index in [0.29, 0.717) is 0 Å². The van der Waals surface area contributed by atoms with Gasteiger partial charge in [-0.3, -0.25) is 4.90 Å². The molecule has 24 heavy (non-hydrogen) atoms. The van der Waals surface area contributed by atoms with Crippen molar-refractivity contribution in [3.05, 3.63) is 66.1 Å². The lowest BCUT2D eigenvalue weighted by Crippen LogP contribution is -2.46. The number of aromatic nitrogens is 2. The molecule has 0 saturated carbocycles. The summed E-state index contributed by atoms with van der Waals surface area (Å²) >= 11 is 0. The Morgan fingerprint density at radius 3 is 2.54 bits per heavy atom. The average molecular weight is 318 g/mol. The van der Waals surface area contributed by atoms with E-state index in [0.717, 1.165) is 43.6 Å². The quantitative estimate of drug-likeness (QED) is 0.742. The zero-order chi connectivity index (χ0) is 16.4. The van der Waals surface area contributed by atoms with Gasteiger partial charge in [-0.1, -0.05) is 35.9 Å². The van der Waals surface area contributed by atoms with E-state index in [-0.39, 0.29) is 0 Å². The third-order valence-corrected chi connectivity index (χ3v) is 4.77. The molecule has 1 aliphatic rings. The summed E-state index contributed by atoms with van der Waals surface area (Å²) in [6.45, 7) is 7.42. The van der Waals surface area contributed by atoms with Gasteiger partial charge in [-0.15, -0.1) is 0 Å². The molecular weight excluding hydrogens is 296 g/mol. The lowest BCUT2D eigenvalue weighted by molar-refractivity contribution is 0.250. The number of nitrogens with zero attached hydrogens (tertiary/aromatic N) is 4. The Kier molecular flexibility index (Phi) is 4.13. The SMILES string of the molecule is Cc1ccc(CN2CCN(c3cccc4ncncc34)CC2)cc1. The highest BCUT2D eigenvalue weighted by molar-refractivity contribution is 5.91. The highest BCUT2D eigenvalue weighted by Crippen LogP contribution is 2.26. The van der Waals surface area contributed by atoms with Crippen molar-refractivity contribution >= 4 is 16.6 Å². The standard InChI is InChI=1S/C20H22N4/c1-16-5-7-17(8-6-16)14-23-9-11-24(12-10-23)20-4-2-3-19-18(20)13-21-15-22-19/h2-8,13,15H,9-12,14H2,1H3. The van der Waals surface area contributed by atoms with Gasteiger partial charge >= 0.3 is 0 Å². The summed E-state index contributed by atoms with van der Waals surface area (Å²) < 4.78 is 0. The Hall–Kier alpha value is -2.46. The third kappa shape index (κ3) is 3.10. The smallest absolute Gasteiger partial charge is 0.116 e. The number of rotatable bonds is 3. The van der Waals surface area contributed by atoms with Gasteiger partial charge in [0.25, 0.3) is 0 Å². The van der Waals surface area contributed by atoms with Crippen LogP contribution < -0.4 is 4.90 Å². The van der Waals surface area contributed by atoms with Crippen LogP contribution in [0.1, 0.15) is 11.1 Å². The highest BCUT2D eigenvalue weighted by Gasteiger charge is 2.18. The molecule has 2 heterocycles. The minimum Gasteiger partial charge on any atom is -0.368 e. The predicted molar refractivity (Wildman–Crippen MR) is 98.2 cm³/mol. The second kappa shape index (κ2) is 6.57. The zero-order valence-corrected chi connectivity index (χ0v) is 14.0. The summed E-state index contributed by atoms with van der Waals surface area (Å²) in [6, 6.07) is 15.2. The van der Waals surface area contributed by atoms with Crippen LogP contribution in [0.5, 0.6) is 0 Å². The third-order valence-electron chi connectivity index (χ3n) is 4.77. The highest BCUT2D eigenvalue weighted by atomic mass is 15.3. The largest absolute Gasteiger partial charge is 0.368 e. The van der Waals surface area contributed by atoms with E-state index in [1.807, 2.05) is 12.3 Å². The van der Waals surface area contributed by atoms with Gasteiger partial charge < -0.3 is 4.90 Å². The molecule has 0 bridgehead atoms. The van der Waals surface area contributed by atoms with Crippen molar-refractivity contribution in [2.24, 2.45) is 0 Å². The van der Waals surface area contributed by atoms with Crippen molar-refractivity contribution in [1.29, 1.82) is 0 Å². The maximum atomic E-state index is 4.37. The van der Waals surface area contributed by atoms with Crippen LogP contribution in [0.4, 0.5) is 5.69 Å². The molecule has 4 rings (SSSR count). The normalized spacial score (nSPS) is 15.8. The van der Waals surface area contributed by atoms with Crippen LogP contribution in [-0.2, 0) is 6.54 Å². The molecule has 0 N–H and O–H groups in total. The van der Waals surface area contributed by atoms with Crippen molar-refractivity contribution in [1.82, 2.24) is 14.9 Å². The molecule has 1 fully saturated rings. The van der Waals surface area contributed by atoms with Gasteiger partial charge in [0, 0.05) is 50.0 Å². The first-order valence-corrected chi connectivity index (χ1v) is 8.51. The van der Waals surface area contributed by atoms with Crippen LogP contribution in [0, 0.1) is 6.92 Å². The predicted octanol–water partition coefficient (Wildman–Crippen LogP) is 3.26. The van der Waals surface area contributed by atoms with E-state index in [9.17, 15) is 0 Å². The van der Waals surface area contributed by atoms with Crippen LogP contribution in [-0.4, -0.2) is 41.0 Å². The van der Waals surface area contributed by atoms with Crippen molar-refractivity contribution in [2.45, 2.75) is 13.5 Å². The van der Waals surface area contributed by atoms with E-state index < -0.39 is 0 Å². The lowest BCUT2D eigenvalue weighted by atomic mass is 10.1. The van der Waals surface area contributed by atoms with E-state index in [2.05, 4.69) is 63.1 Å². The molecular formula is C20H22N4. The molecule has 1 saturated heterocycles. The Morgan fingerprint density at radius 2 is 1.75 bits per heavy atom. The molecule has 0 spiro atoms. The van der Waals surface area contributed by atoms with Crippen LogP contribution in [0.15, 0.2) is 55.0 Å². The summed E-state index contributed by atoms with van der Waals surface area (Å²) in [4.78, 5) is 13.6. The van der Waals surface area contributed by atoms with Gasteiger partial charge in [0.05, 0.1) is 5.52 Å². The summed E-state index contributed by atoms with van der Waals surface area (Å²) in [6.07, 6.45) is 3.54. The van der Waals surface area contributed by atoms with E-state index >= 15 is 0 Å².